The summed E-state index contributed by atoms with van der Waals surface area (Å²) in [6, 6.07) is 4.99. The van der Waals surface area contributed by atoms with E-state index in [-0.39, 0.29) is 24.2 Å². The number of hydrogen-bond acceptors (Lipinski definition) is 7. The zero-order chi connectivity index (χ0) is 24.7. The number of aromatic nitrogens is 3. The van der Waals surface area contributed by atoms with Crippen LogP contribution < -0.4 is 20.1 Å². The first-order valence-electron chi connectivity index (χ1n) is 10.5. The molecule has 8 nitrogen and oxygen atoms in total. The number of anilines is 1. The number of alkyl halides is 3. The van der Waals surface area contributed by atoms with Crippen LogP contribution in [0.1, 0.15) is 11.3 Å². The Morgan fingerprint density at radius 1 is 1.11 bits per heavy atom. The van der Waals surface area contributed by atoms with E-state index in [1.165, 1.54) is 4.57 Å². The number of hydrogen-bond donors (Lipinski definition) is 0. The number of nitrogens with zero attached hydrogens (tertiary/aromatic N) is 4. The Morgan fingerprint density at radius 2 is 1.89 bits per heavy atom. The van der Waals surface area contributed by atoms with Gasteiger partial charge in [-0.15, -0.1) is 0 Å². The lowest BCUT2D eigenvalue weighted by molar-refractivity contribution is -0.141. The third-order valence-electron chi connectivity index (χ3n) is 5.50. The van der Waals surface area contributed by atoms with Crippen LogP contribution in [0.3, 0.4) is 0 Å². The smallest absolute Gasteiger partial charge is 0.433 e. The summed E-state index contributed by atoms with van der Waals surface area (Å²) in [5.41, 5.74) is -1.74. The van der Waals surface area contributed by atoms with Gasteiger partial charge in [0.2, 0.25) is 5.88 Å². The SMILES string of the molecule is O=c1nc(OCc2cc(F)c(Oc3ccnc(C(F)(F)F)c3)c(F)c2)cc2n1CC1CN2CCO1. The highest BCUT2D eigenvalue weighted by Gasteiger charge is 2.33. The molecule has 2 aromatic heterocycles. The molecule has 0 N–H and O–H groups in total. The van der Waals surface area contributed by atoms with E-state index >= 15 is 0 Å². The van der Waals surface area contributed by atoms with Crippen LogP contribution in [0.2, 0.25) is 0 Å². The van der Waals surface area contributed by atoms with Crippen molar-refractivity contribution in [2.24, 2.45) is 0 Å². The molecule has 0 amide bonds. The maximum absolute atomic E-state index is 14.5. The standard InChI is InChI=1S/C22H17F5N4O4/c23-15-5-12(6-16(24)20(15)35-13-1-2-28-17(7-13)22(25,26)27)11-34-18-8-19-30-3-4-33-14(9-30)10-31(19)21(32)29-18/h1-2,5-8,14H,3-4,9-11H2. The highest BCUT2D eigenvalue weighted by atomic mass is 19.4. The second-order valence-electron chi connectivity index (χ2n) is 7.94. The zero-order valence-electron chi connectivity index (χ0n) is 17.9. The van der Waals surface area contributed by atoms with E-state index in [1.54, 1.807) is 6.07 Å². The first-order valence-corrected chi connectivity index (χ1v) is 10.5. The van der Waals surface area contributed by atoms with Gasteiger partial charge in [0.25, 0.3) is 0 Å². The molecule has 2 bridgehead atoms. The molecular formula is C22H17F5N4O4. The summed E-state index contributed by atoms with van der Waals surface area (Å²) >= 11 is 0. The van der Waals surface area contributed by atoms with Crippen molar-refractivity contribution < 1.29 is 36.2 Å². The van der Waals surface area contributed by atoms with Gasteiger partial charge in [-0.25, -0.2) is 13.6 Å². The van der Waals surface area contributed by atoms with E-state index in [0.717, 1.165) is 24.4 Å². The molecule has 184 valence electrons. The highest BCUT2D eigenvalue weighted by molar-refractivity contribution is 5.45. The van der Waals surface area contributed by atoms with E-state index in [1.807, 2.05) is 4.90 Å². The van der Waals surface area contributed by atoms with Gasteiger partial charge < -0.3 is 19.1 Å². The molecule has 0 saturated carbocycles. The van der Waals surface area contributed by atoms with Gasteiger partial charge in [-0.3, -0.25) is 9.55 Å². The number of rotatable bonds is 5. The summed E-state index contributed by atoms with van der Waals surface area (Å²) < 4.78 is 85.1. The molecule has 13 heteroatoms. The van der Waals surface area contributed by atoms with E-state index in [9.17, 15) is 26.7 Å². The third kappa shape index (κ3) is 4.76. The van der Waals surface area contributed by atoms with Gasteiger partial charge in [-0.1, -0.05) is 0 Å². The molecule has 4 heterocycles. The second kappa shape index (κ2) is 8.80. The van der Waals surface area contributed by atoms with Crippen LogP contribution in [-0.2, 0) is 24.1 Å². The number of morpholine rings is 1. The van der Waals surface area contributed by atoms with Crippen LogP contribution in [0.15, 0.2) is 41.3 Å². The molecule has 1 atom stereocenters. The predicted molar refractivity (Wildman–Crippen MR) is 110 cm³/mol. The molecule has 2 aliphatic heterocycles. The Kier molecular flexibility index (Phi) is 5.79. The quantitative estimate of drug-likeness (QED) is 0.500. The van der Waals surface area contributed by atoms with E-state index < -0.39 is 40.7 Å². The van der Waals surface area contributed by atoms with Gasteiger partial charge in [0.05, 0.1) is 19.3 Å². The summed E-state index contributed by atoms with van der Waals surface area (Å²) in [7, 11) is 0. The van der Waals surface area contributed by atoms with Gasteiger partial charge in [-0.05, 0) is 23.8 Å². The predicted octanol–water partition coefficient (Wildman–Crippen LogP) is 3.53. The van der Waals surface area contributed by atoms with Crippen molar-refractivity contribution in [1.82, 2.24) is 14.5 Å². The fraction of sp³-hybridized carbons (Fsp3) is 0.318. The lowest BCUT2D eigenvalue weighted by Gasteiger charge is -2.40. The van der Waals surface area contributed by atoms with Crippen LogP contribution in [0.4, 0.5) is 27.8 Å². The summed E-state index contributed by atoms with van der Waals surface area (Å²) in [6.07, 6.45) is -4.02. The van der Waals surface area contributed by atoms with Crippen molar-refractivity contribution in [3.05, 3.63) is 69.9 Å². The molecule has 0 aliphatic carbocycles. The molecule has 0 radical (unpaired) electrons. The highest BCUT2D eigenvalue weighted by Crippen LogP contribution is 2.33. The topological polar surface area (TPSA) is 78.7 Å². The fourth-order valence-electron chi connectivity index (χ4n) is 3.92. The lowest BCUT2D eigenvalue weighted by Crippen LogP contribution is -2.52. The van der Waals surface area contributed by atoms with Crippen LogP contribution in [0.25, 0.3) is 0 Å². The minimum atomic E-state index is -4.74. The van der Waals surface area contributed by atoms with Gasteiger partial charge in [0, 0.05) is 31.4 Å². The molecule has 35 heavy (non-hydrogen) atoms. The van der Waals surface area contributed by atoms with Gasteiger partial charge in [-0.2, -0.15) is 18.2 Å². The number of halogens is 5. The molecule has 1 aromatic carbocycles. The fourth-order valence-corrected chi connectivity index (χ4v) is 3.92. The number of benzene rings is 1. The monoisotopic (exact) mass is 496 g/mol. The van der Waals surface area contributed by atoms with Crippen LogP contribution in [-0.4, -0.2) is 40.3 Å². The minimum absolute atomic E-state index is 0.0104. The number of ether oxygens (including phenoxy) is 3. The Morgan fingerprint density at radius 3 is 2.63 bits per heavy atom. The largest absolute Gasteiger partial charge is 0.473 e. The Labute approximate surface area is 194 Å². The zero-order valence-corrected chi connectivity index (χ0v) is 17.9. The maximum atomic E-state index is 14.5. The molecular weight excluding hydrogens is 479 g/mol. The van der Waals surface area contributed by atoms with Crippen molar-refractivity contribution in [2.45, 2.75) is 25.4 Å². The van der Waals surface area contributed by atoms with Gasteiger partial charge in [0.1, 0.15) is 23.9 Å². The summed E-state index contributed by atoms with van der Waals surface area (Å²) in [5, 5.41) is 0. The first kappa shape index (κ1) is 23.0. The lowest BCUT2D eigenvalue weighted by atomic mass is 10.2. The average molecular weight is 496 g/mol. The normalized spacial score (nSPS) is 17.2. The van der Waals surface area contributed by atoms with Crippen molar-refractivity contribution in [1.29, 1.82) is 0 Å². The summed E-state index contributed by atoms with van der Waals surface area (Å²) in [4.78, 5) is 21.4. The molecule has 0 spiro atoms. The third-order valence-corrected chi connectivity index (χ3v) is 5.50. The van der Waals surface area contributed by atoms with Crippen molar-refractivity contribution in [2.75, 3.05) is 24.6 Å². The van der Waals surface area contributed by atoms with Gasteiger partial charge >= 0.3 is 11.9 Å². The Bertz CT molecular complexity index is 1310. The van der Waals surface area contributed by atoms with E-state index in [4.69, 9.17) is 14.2 Å². The van der Waals surface area contributed by atoms with Crippen LogP contribution >= 0.6 is 0 Å². The molecule has 5 rings (SSSR count). The van der Waals surface area contributed by atoms with Crippen molar-refractivity contribution >= 4 is 5.82 Å². The van der Waals surface area contributed by atoms with Crippen molar-refractivity contribution in [3.8, 4) is 17.4 Å². The maximum Gasteiger partial charge on any atom is 0.433 e. The van der Waals surface area contributed by atoms with E-state index in [2.05, 4.69) is 9.97 Å². The second-order valence-corrected chi connectivity index (χ2v) is 7.94. The van der Waals surface area contributed by atoms with Crippen LogP contribution in [0.5, 0.6) is 17.4 Å². The molecule has 3 aromatic rings. The Hall–Kier alpha value is -3.74. The van der Waals surface area contributed by atoms with Gasteiger partial charge in [0.15, 0.2) is 17.4 Å². The average Bonchev–Trinajstić information content (AvgIpc) is 2.81. The number of fused-ring (bicyclic) bond motifs is 4. The van der Waals surface area contributed by atoms with E-state index in [0.29, 0.717) is 38.1 Å². The summed E-state index contributed by atoms with van der Waals surface area (Å²) in [6.45, 7) is 1.81. The summed E-state index contributed by atoms with van der Waals surface area (Å²) in [5.74, 6) is -2.99. The van der Waals surface area contributed by atoms with Crippen LogP contribution in [0, 0.1) is 11.6 Å². The Balaban J connectivity index is 1.32. The van der Waals surface area contributed by atoms with Crippen molar-refractivity contribution in [3.63, 3.8) is 0 Å². The molecule has 2 aliphatic rings. The molecule has 1 saturated heterocycles. The molecule has 1 fully saturated rings. The molecule has 1 unspecified atom stereocenters. The first-order chi connectivity index (χ1) is 16.7. The number of pyridine rings is 1. The minimum Gasteiger partial charge on any atom is -0.473 e.